The predicted octanol–water partition coefficient (Wildman–Crippen LogP) is 6.89. The first-order valence-corrected chi connectivity index (χ1v) is 10.2. The van der Waals surface area contributed by atoms with Gasteiger partial charge in [0.25, 0.3) is 0 Å². The molecule has 0 bridgehead atoms. The van der Waals surface area contributed by atoms with Crippen LogP contribution in [0.5, 0.6) is 11.5 Å². The summed E-state index contributed by atoms with van der Waals surface area (Å²) in [7, 11) is 1.64. The Morgan fingerprint density at radius 2 is 1.68 bits per heavy atom. The van der Waals surface area contributed by atoms with Crippen molar-refractivity contribution in [3.8, 4) is 11.5 Å². The van der Waals surface area contributed by atoms with Gasteiger partial charge in [0.05, 0.1) is 7.11 Å². The van der Waals surface area contributed by atoms with Gasteiger partial charge in [0.15, 0.2) is 11.5 Å². The summed E-state index contributed by atoms with van der Waals surface area (Å²) in [4.78, 5) is 0. The van der Waals surface area contributed by atoms with Gasteiger partial charge in [-0.2, -0.15) is 0 Å². The number of hydrogen-bond donors (Lipinski definition) is 1. The zero-order chi connectivity index (χ0) is 20.9. The summed E-state index contributed by atoms with van der Waals surface area (Å²) in [5.74, 6) is 1.28. The maximum Gasteiger partial charge on any atom is 0.163 e. The first kappa shape index (κ1) is 22.9. The predicted molar refractivity (Wildman–Crippen MR) is 119 cm³/mol. The van der Waals surface area contributed by atoms with Gasteiger partial charge in [0.2, 0.25) is 0 Å². The van der Waals surface area contributed by atoms with Crippen LogP contribution < -0.4 is 14.8 Å². The molecule has 0 aliphatic heterocycles. The molecule has 0 atom stereocenters. The maximum atomic E-state index is 6.53. The second kappa shape index (κ2) is 9.39. The van der Waals surface area contributed by atoms with Crippen LogP contribution in [-0.2, 0) is 13.2 Å². The topological polar surface area (TPSA) is 30.5 Å². The quantitative estimate of drug-likeness (QED) is 0.501. The van der Waals surface area contributed by atoms with Crippen molar-refractivity contribution in [1.29, 1.82) is 0 Å². The van der Waals surface area contributed by atoms with Crippen molar-refractivity contribution in [2.24, 2.45) is 5.41 Å². The van der Waals surface area contributed by atoms with Crippen LogP contribution in [0.2, 0.25) is 10.0 Å². The van der Waals surface area contributed by atoms with Crippen LogP contribution in [-0.4, -0.2) is 12.6 Å². The molecule has 2 rings (SSSR count). The van der Waals surface area contributed by atoms with E-state index in [-0.39, 0.29) is 11.0 Å². The number of benzene rings is 2. The highest BCUT2D eigenvalue weighted by Crippen LogP contribution is 2.35. The second-order valence-corrected chi connectivity index (χ2v) is 9.83. The normalized spacial score (nSPS) is 12.1. The van der Waals surface area contributed by atoms with Crippen LogP contribution in [0, 0.1) is 5.41 Å². The summed E-state index contributed by atoms with van der Waals surface area (Å²) < 4.78 is 11.5. The fourth-order valence-corrected chi connectivity index (χ4v) is 3.93. The Hall–Kier alpha value is -1.42. The molecule has 28 heavy (non-hydrogen) atoms. The molecule has 0 fully saturated rings. The van der Waals surface area contributed by atoms with Crippen LogP contribution in [0.25, 0.3) is 0 Å². The van der Waals surface area contributed by atoms with Gasteiger partial charge in [-0.15, -0.1) is 0 Å². The largest absolute Gasteiger partial charge is 0.493 e. The molecule has 0 unspecified atom stereocenters. The molecule has 2 aromatic rings. The Morgan fingerprint density at radius 1 is 0.964 bits per heavy atom. The Balaban J connectivity index is 2.10. The van der Waals surface area contributed by atoms with E-state index in [1.165, 1.54) is 0 Å². The average Bonchev–Trinajstić information content (AvgIpc) is 2.57. The van der Waals surface area contributed by atoms with Gasteiger partial charge in [-0.05, 0) is 55.0 Å². The highest BCUT2D eigenvalue weighted by atomic mass is 35.5. The summed E-state index contributed by atoms with van der Waals surface area (Å²) in [5, 5.41) is 4.95. The molecule has 2 aromatic carbocycles. The van der Waals surface area contributed by atoms with Crippen LogP contribution in [0.1, 0.15) is 52.2 Å². The smallest absolute Gasteiger partial charge is 0.163 e. The minimum absolute atomic E-state index is 0.00341. The first-order valence-electron chi connectivity index (χ1n) is 9.48. The number of nitrogens with one attached hydrogen (secondary N) is 1. The maximum absolute atomic E-state index is 6.53. The molecule has 0 aliphatic rings. The number of rotatable bonds is 8. The van der Waals surface area contributed by atoms with Crippen molar-refractivity contribution < 1.29 is 9.47 Å². The number of methoxy groups -OCH3 is 1. The van der Waals surface area contributed by atoms with E-state index < -0.39 is 0 Å². The monoisotopic (exact) mass is 423 g/mol. The summed E-state index contributed by atoms with van der Waals surface area (Å²) in [6, 6.07) is 11.3. The fourth-order valence-electron chi connectivity index (χ4n) is 3.50. The lowest BCUT2D eigenvalue weighted by molar-refractivity contribution is 0.240. The first-order chi connectivity index (χ1) is 13.0. The van der Waals surface area contributed by atoms with Crippen LogP contribution in [0.4, 0.5) is 0 Å². The molecule has 5 heteroatoms. The minimum Gasteiger partial charge on any atom is -0.493 e. The molecule has 0 saturated heterocycles. The van der Waals surface area contributed by atoms with Crippen LogP contribution in [0.15, 0.2) is 36.4 Å². The van der Waals surface area contributed by atoms with Crippen molar-refractivity contribution in [3.05, 3.63) is 57.6 Å². The fraction of sp³-hybridized carbons (Fsp3) is 0.478. The second-order valence-electron chi connectivity index (χ2n) is 8.99. The molecule has 0 heterocycles. The molecule has 0 aromatic heterocycles. The molecule has 0 spiro atoms. The average molecular weight is 424 g/mol. The molecule has 0 radical (unpaired) electrons. The molecule has 0 aliphatic carbocycles. The highest BCUT2D eigenvalue weighted by Gasteiger charge is 2.25. The molecule has 0 saturated carbocycles. The van der Waals surface area contributed by atoms with Crippen molar-refractivity contribution in [1.82, 2.24) is 5.32 Å². The Bertz CT molecular complexity index is 798. The van der Waals surface area contributed by atoms with E-state index >= 15 is 0 Å². The lowest BCUT2D eigenvalue weighted by Crippen LogP contribution is -2.41. The van der Waals surface area contributed by atoms with Gasteiger partial charge in [0.1, 0.15) is 6.61 Å². The van der Waals surface area contributed by atoms with Crippen molar-refractivity contribution in [2.45, 2.75) is 59.7 Å². The summed E-state index contributed by atoms with van der Waals surface area (Å²) >= 11 is 12.6. The number of halogens is 2. The summed E-state index contributed by atoms with van der Waals surface area (Å²) in [6.45, 7) is 12.2. The van der Waals surface area contributed by atoms with Crippen molar-refractivity contribution in [3.63, 3.8) is 0 Å². The number of hydrogen-bond acceptors (Lipinski definition) is 3. The zero-order valence-electron chi connectivity index (χ0n) is 17.7. The van der Waals surface area contributed by atoms with E-state index in [4.69, 9.17) is 32.7 Å². The SMILES string of the molecule is COc1cc(CNC(C)(C)CC(C)(C)C)c(Cl)cc1OCc1cccc(Cl)c1. The van der Waals surface area contributed by atoms with Crippen molar-refractivity contribution in [2.75, 3.05) is 7.11 Å². The third-order valence-corrected chi connectivity index (χ3v) is 4.93. The van der Waals surface area contributed by atoms with Gasteiger partial charge in [-0.1, -0.05) is 56.1 Å². The molecule has 1 N–H and O–H groups in total. The van der Waals surface area contributed by atoms with Crippen LogP contribution >= 0.6 is 23.2 Å². The van der Waals surface area contributed by atoms with E-state index in [1.54, 1.807) is 7.11 Å². The van der Waals surface area contributed by atoms with E-state index in [1.807, 2.05) is 36.4 Å². The minimum atomic E-state index is -0.00341. The standard InChI is InChI=1S/C23H31Cl2NO2/c1-22(2,3)15-23(4,5)26-13-17-11-20(27-6)21(12-19(17)25)28-14-16-8-7-9-18(24)10-16/h7-12,26H,13-15H2,1-6H3. The Morgan fingerprint density at radius 3 is 2.29 bits per heavy atom. The molecule has 0 amide bonds. The lowest BCUT2D eigenvalue weighted by Gasteiger charge is -2.33. The van der Waals surface area contributed by atoms with Crippen molar-refractivity contribution >= 4 is 23.2 Å². The Kier molecular flexibility index (Phi) is 7.66. The molecule has 3 nitrogen and oxygen atoms in total. The van der Waals surface area contributed by atoms with E-state index in [9.17, 15) is 0 Å². The molecular weight excluding hydrogens is 393 g/mol. The van der Waals surface area contributed by atoms with E-state index in [2.05, 4.69) is 39.9 Å². The van der Waals surface area contributed by atoms with E-state index in [0.717, 1.165) is 17.5 Å². The van der Waals surface area contributed by atoms with Gasteiger partial charge in [0, 0.05) is 28.2 Å². The van der Waals surface area contributed by atoms with E-state index in [0.29, 0.717) is 34.7 Å². The molecule has 154 valence electrons. The molecular formula is C23H31Cl2NO2. The number of ether oxygens (including phenoxy) is 2. The highest BCUT2D eigenvalue weighted by molar-refractivity contribution is 6.31. The van der Waals surface area contributed by atoms with Gasteiger partial charge < -0.3 is 14.8 Å². The van der Waals surface area contributed by atoms with Gasteiger partial charge in [-0.3, -0.25) is 0 Å². The lowest BCUT2D eigenvalue weighted by atomic mass is 9.82. The Labute approximate surface area is 179 Å². The van der Waals surface area contributed by atoms with Gasteiger partial charge in [-0.25, -0.2) is 0 Å². The summed E-state index contributed by atoms with van der Waals surface area (Å²) in [5.41, 5.74) is 2.21. The van der Waals surface area contributed by atoms with Gasteiger partial charge >= 0.3 is 0 Å². The zero-order valence-corrected chi connectivity index (χ0v) is 19.2. The third-order valence-electron chi connectivity index (χ3n) is 4.35. The third kappa shape index (κ3) is 7.20. The summed E-state index contributed by atoms with van der Waals surface area (Å²) in [6.07, 6.45) is 1.05. The van der Waals surface area contributed by atoms with Crippen LogP contribution in [0.3, 0.4) is 0 Å².